The van der Waals surface area contributed by atoms with Crippen LogP contribution in [0, 0.1) is 6.92 Å². The number of rotatable bonds is 6. The molecule has 28 heavy (non-hydrogen) atoms. The Morgan fingerprint density at radius 3 is 2.29 bits per heavy atom. The lowest BCUT2D eigenvalue weighted by atomic mass is 9.88. The molecule has 142 valence electrons. The van der Waals surface area contributed by atoms with E-state index in [4.69, 9.17) is 11.6 Å². The summed E-state index contributed by atoms with van der Waals surface area (Å²) in [6.45, 7) is 2.02. The molecule has 5 heteroatoms. The molecular weight excluding hydrogens is 392 g/mol. The smallest absolute Gasteiger partial charge is 0.337 e. The first kappa shape index (κ1) is 18.9. The van der Waals surface area contributed by atoms with Crippen molar-refractivity contribution < 1.29 is 14.7 Å². The van der Waals surface area contributed by atoms with Gasteiger partial charge in [0.1, 0.15) is 5.78 Å². The topological polar surface area (TPSA) is 54.4 Å². The van der Waals surface area contributed by atoms with Gasteiger partial charge in [-0.15, -0.1) is 11.3 Å². The van der Waals surface area contributed by atoms with E-state index < -0.39 is 11.4 Å². The highest BCUT2D eigenvalue weighted by Gasteiger charge is 2.50. The monoisotopic (exact) mass is 410 g/mol. The standard InChI is InChI=1S/C23H19ClO3S/c1-14-2-6-16(7-3-14)23(10-11-23)20(25)12-19-21(22(26)27)18(13-28-19)15-4-8-17(24)9-5-15/h2-9,13H,10-12H2,1H3,(H,26,27). The molecule has 2 aromatic carbocycles. The molecule has 1 fully saturated rings. The van der Waals surface area contributed by atoms with Gasteiger partial charge < -0.3 is 5.11 Å². The van der Waals surface area contributed by atoms with Gasteiger partial charge in [-0.25, -0.2) is 4.79 Å². The first-order chi connectivity index (χ1) is 13.4. The number of halogens is 1. The normalized spacial score (nSPS) is 14.6. The Hall–Kier alpha value is -2.43. The van der Waals surface area contributed by atoms with Crippen LogP contribution in [-0.2, 0) is 16.6 Å². The number of hydrogen-bond acceptors (Lipinski definition) is 3. The van der Waals surface area contributed by atoms with Crippen molar-refractivity contribution in [1.82, 2.24) is 0 Å². The average Bonchev–Trinajstić information content (AvgIpc) is 3.38. The molecule has 4 rings (SSSR count). The maximum Gasteiger partial charge on any atom is 0.337 e. The van der Waals surface area contributed by atoms with E-state index in [1.165, 1.54) is 11.3 Å². The quantitative estimate of drug-likeness (QED) is 0.548. The Morgan fingerprint density at radius 2 is 1.71 bits per heavy atom. The van der Waals surface area contributed by atoms with Crippen LogP contribution in [0.25, 0.3) is 11.1 Å². The first-order valence-corrected chi connectivity index (χ1v) is 10.4. The average molecular weight is 411 g/mol. The number of aryl methyl sites for hydroxylation is 1. The van der Waals surface area contributed by atoms with Gasteiger partial charge in [-0.05, 0) is 48.4 Å². The van der Waals surface area contributed by atoms with Crippen LogP contribution in [0.2, 0.25) is 5.02 Å². The molecule has 1 saturated carbocycles. The Bertz CT molecular complexity index is 1040. The maximum absolute atomic E-state index is 13.1. The third-order valence-electron chi connectivity index (χ3n) is 5.45. The molecule has 0 atom stereocenters. The maximum atomic E-state index is 13.1. The van der Waals surface area contributed by atoms with Gasteiger partial charge in [-0.3, -0.25) is 4.79 Å². The molecule has 1 aliphatic carbocycles. The minimum atomic E-state index is -1.01. The lowest BCUT2D eigenvalue weighted by molar-refractivity contribution is -0.120. The van der Waals surface area contributed by atoms with Crippen LogP contribution in [-0.4, -0.2) is 16.9 Å². The van der Waals surface area contributed by atoms with E-state index >= 15 is 0 Å². The molecule has 0 amide bonds. The van der Waals surface area contributed by atoms with Gasteiger partial charge in [0, 0.05) is 21.9 Å². The van der Waals surface area contributed by atoms with E-state index in [0.717, 1.165) is 29.5 Å². The number of carboxylic acid groups (broad SMARTS) is 1. The number of carbonyl (C=O) groups excluding carboxylic acids is 1. The summed E-state index contributed by atoms with van der Waals surface area (Å²) in [7, 11) is 0. The van der Waals surface area contributed by atoms with E-state index in [0.29, 0.717) is 15.5 Å². The summed E-state index contributed by atoms with van der Waals surface area (Å²) < 4.78 is 0. The van der Waals surface area contributed by atoms with Crippen LogP contribution in [0.5, 0.6) is 0 Å². The van der Waals surface area contributed by atoms with Gasteiger partial charge in [0.15, 0.2) is 0 Å². The number of carboxylic acids is 1. The summed E-state index contributed by atoms with van der Waals surface area (Å²) in [6, 6.07) is 15.2. The molecule has 0 bridgehead atoms. The molecule has 0 spiro atoms. The summed E-state index contributed by atoms with van der Waals surface area (Å²) in [4.78, 5) is 25.7. The molecule has 1 heterocycles. The number of ketones is 1. The summed E-state index contributed by atoms with van der Waals surface area (Å²) in [5.41, 5.74) is 3.39. The van der Waals surface area contributed by atoms with E-state index in [-0.39, 0.29) is 17.8 Å². The summed E-state index contributed by atoms with van der Waals surface area (Å²) in [5.74, 6) is -0.905. The van der Waals surface area contributed by atoms with Gasteiger partial charge in [0.05, 0.1) is 11.0 Å². The highest BCUT2D eigenvalue weighted by Crippen LogP contribution is 2.50. The third kappa shape index (κ3) is 3.38. The summed E-state index contributed by atoms with van der Waals surface area (Å²) in [6.07, 6.45) is 1.80. The minimum Gasteiger partial charge on any atom is -0.478 e. The predicted octanol–water partition coefficient (Wildman–Crippen LogP) is 5.92. The van der Waals surface area contributed by atoms with Gasteiger partial charge >= 0.3 is 5.97 Å². The van der Waals surface area contributed by atoms with Crippen molar-refractivity contribution in [2.75, 3.05) is 0 Å². The van der Waals surface area contributed by atoms with Crippen LogP contribution >= 0.6 is 22.9 Å². The number of Topliss-reactive ketones (excluding diaryl/α,β-unsaturated/α-hetero) is 1. The number of aromatic carboxylic acids is 1. The van der Waals surface area contributed by atoms with Gasteiger partial charge in [0.2, 0.25) is 0 Å². The number of carbonyl (C=O) groups is 2. The first-order valence-electron chi connectivity index (χ1n) is 9.11. The van der Waals surface area contributed by atoms with E-state index in [9.17, 15) is 14.7 Å². The van der Waals surface area contributed by atoms with Crippen LogP contribution in [0.1, 0.15) is 39.2 Å². The van der Waals surface area contributed by atoms with Crippen molar-refractivity contribution in [1.29, 1.82) is 0 Å². The molecule has 0 radical (unpaired) electrons. The molecule has 0 saturated heterocycles. The van der Waals surface area contributed by atoms with Crippen LogP contribution in [0.4, 0.5) is 0 Å². The molecule has 0 unspecified atom stereocenters. The van der Waals surface area contributed by atoms with Gasteiger partial charge in [0.25, 0.3) is 0 Å². The van der Waals surface area contributed by atoms with E-state index in [1.54, 1.807) is 24.3 Å². The lowest BCUT2D eigenvalue weighted by Gasteiger charge is -2.15. The fourth-order valence-corrected chi connectivity index (χ4v) is 4.82. The largest absolute Gasteiger partial charge is 0.478 e. The second-order valence-corrected chi connectivity index (χ2v) is 8.71. The second kappa shape index (κ2) is 7.19. The fraction of sp³-hybridized carbons (Fsp3) is 0.217. The predicted molar refractivity (Wildman–Crippen MR) is 113 cm³/mol. The zero-order valence-corrected chi connectivity index (χ0v) is 16.9. The van der Waals surface area contributed by atoms with Crippen molar-refractivity contribution in [2.45, 2.75) is 31.6 Å². The number of hydrogen-bond donors (Lipinski definition) is 1. The Labute approximate surface area is 172 Å². The molecule has 1 aliphatic rings. The van der Waals surface area contributed by atoms with Crippen LogP contribution in [0.15, 0.2) is 53.9 Å². The summed E-state index contributed by atoms with van der Waals surface area (Å²) >= 11 is 7.28. The fourth-order valence-electron chi connectivity index (χ4n) is 3.65. The van der Waals surface area contributed by atoms with Crippen molar-refractivity contribution in [3.05, 3.63) is 80.5 Å². The zero-order valence-electron chi connectivity index (χ0n) is 15.4. The lowest BCUT2D eigenvalue weighted by Crippen LogP contribution is -2.23. The highest BCUT2D eigenvalue weighted by atomic mass is 35.5. The molecule has 1 aromatic heterocycles. The minimum absolute atomic E-state index is 0.100. The molecular formula is C23H19ClO3S. The third-order valence-corrected chi connectivity index (χ3v) is 6.68. The molecule has 0 aliphatic heterocycles. The molecule has 3 aromatic rings. The molecule has 3 nitrogen and oxygen atoms in total. The van der Waals surface area contributed by atoms with Crippen LogP contribution < -0.4 is 0 Å². The zero-order chi connectivity index (χ0) is 19.9. The van der Waals surface area contributed by atoms with E-state index in [1.807, 2.05) is 36.6 Å². The van der Waals surface area contributed by atoms with Gasteiger partial charge in [-0.1, -0.05) is 53.6 Å². The Balaban J connectivity index is 1.65. The highest BCUT2D eigenvalue weighted by molar-refractivity contribution is 7.11. The number of thiophene rings is 1. The number of benzene rings is 2. The second-order valence-electron chi connectivity index (χ2n) is 7.31. The SMILES string of the molecule is Cc1ccc(C2(C(=O)Cc3scc(-c4ccc(Cl)cc4)c3C(=O)O)CC2)cc1. The van der Waals surface area contributed by atoms with Crippen molar-refractivity contribution >= 4 is 34.7 Å². The Kier molecular flexibility index (Phi) is 4.86. The Morgan fingerprint density at radius 1 is 1.07 bits per heavy atom. The van der Waals surface area contributed by atoms with Crippen molar-refractivity contribution in [3.8, 4) is 11.1 Å². The summed E-state index contributed by atoms with van der Waals surface area (Å²) in [5, 5.41) is 12.2. The van der Waals surface area contributed by atoms with Crippen LogP contribution in [0.3, 0.4) is 0 Å². The van der Waals surface area contributed by atoms with E-state index in [2.05, 4.69) is 0 Å². The van der Waals surface area contributed by atoms with Gasteiger partial charge in [-0.2, -0.15) is 0 Å². The van der Waals surface area contributed by atoms with Crippen molar-refractivity contribution in [2.24, 2.45) is 0 Å². The molecule has 1 N–H and O–H groups in total. The van der Waals surface area contributed by atoms with Crippen molar-refractivity contribution in [3.63, 3.8) is 0 Å².